The molecule has 3 rings (SSSR count). The quantitative estimate of drug-likeness (QED) is 0.667. The number of para-hydroxylation sites is 1. The third kappa shape index (κ3) is 3.56. The number of nitrogens with zero attached hydrogens (tertiary/aromatic N) is 5. The molecule has 0 amide bonds. The number of aromatic nitrogens is 5. The summed E-state index contributed by atoms with van der Waals surface area (Å²) in [5, 5.41) is 12.0. The van der Waals surface area contributed by atoms with Gasteiger partial charge in [-0.25, -0.2) is 4.98 Å². The van der Waals surface area contributed by atoms with Gasteiger partial charge in [-0.3, -0.25) is 0 Å². The molecule has 3 aromatic rings. The van der Waals surface area contributed by atoms with Gasteiger partial charge in [-0.15, -0.1) is 5.10 Å². The van der Waals surface area contributed by atoms with Gasteiger partial charge in [0.15, 0.2) is 5.82 Å². The van der Waals surface area contributed by atoms with E-state index in [0.29, 0.717) is 10.9 Å². The molecule has 1 atom stereocenters. The van der Waals surface area contributed by atoms with Gasteiger partial charge in [0.1, 0.15) is 0 Å². The van der Waals surface area contributed by atoms with E-state index in [1.165, 1.54) is 17.8 Å². The van der Waals surface area contributed by atoms with E-state index in [9.17, 15) is 13.2 Å². The van der Waals surface area contributed by atoms with E-state index in [1.54, 1.807) is 4.68 Å². The highest BCUT2D eigenvalue weighted by atomic mass is 32.2. The van der Waals surface area contributed by atoms with Crippen LogP contribution in [0.1, 0.15) is 23.6 Å². The number of benzene rings is 1. The highest BCUT2D eigenvalue weighted by Gasteiger charge is 2.30. The van der Waals surface area contributed by atoms with Crippen LogP contribution >= 0.6 is 11.8 Å². The van der Waals surface area contributed by atoms with Crippen LogP contribution < -0.4 is 0 Å². The molecule has 0 saturated heterocycles. The Kier molecular flexibility index (Phi) is 4.52. The molecule has 124 valence electrons. The Bertz CT molecular complexity index is 802. The van der Waals surface area contributed by atoms with Crippen LogP contribution in [0.2, 0.25) is 0 Å². The van der Waals surface area contributed by atoms with Crippen molar-refractivity contribution in [1.29, 1.82) is 0 Å². The van der Waals surface area contributed by atoms with E-state index in [0.717, 1.165) is 18.0 Å². The first kappa shape index (κ1) is 16.4. The zero-order valence-corrected chi connectivity index (χ0v) is 13.3. The van der Waals surface area contributed by atoms with E-state index in [4.69, 9.17) is 0 Å². The van der Waals surface area contributed by atoms with E-state index in [2.05, 4.69) is 20.5 Å². The predicted octanol–water partition coefficient (Wildman–Crippen LogP) is 3.93. The minimum atomic E-state index is -4.39. The van der Waals surface area contributed by atoms with Crippen molar-refractivity contribution >= 4 is 11.8 Å². The summed E-state index contributed by atoms with van der Waals surface area (Å²) in [6.07, 6.45) is -3.56. The zero-order chi connectivity index (χ0) is 17.2. The van der Waals surface area contributed by atoms with Crippen molar-refractivity contribution in [3.05, 3.63) is 60.0 Å². The van der Waals surface area contributed by atoms with Crippen molar-refractivity contribution in [2.24, 2.45) is 0 Å². The lowest BCUT2D eigenvalue weighted by atomic mass is 10.3. The largest absolute Gasteiger partial charge is 0.417 e. The summed E-state index contributed by atoms with van der Waals surface area (Å²) in [5.74, 6) is 0.591. The predicted molar refractivity (Wildman–Crippen MR) is 82.7 cm³/mol. The number of hydrogen-bond donors (Lipinski definition) is 0. The lowest BCUT2D eigenvalue weighted by Crippen LogP contribution is -2.06. The number of alkyl halides is 3. The van der Waals surface area contributed by atoms with Crippen molar-refractivity contribution < 1.29 is 13.2 Å². The molecule has 9 heteroatoms. The van der Waals surface area contributed by atoms with Crippen LogP contribution in [0.4, 0.5) is 13.2 Å². The fourth-order valence-corrected chi connectivity index (χ4v) is 2.93. The van der Waals surface area contributed by atoms with Crippen LogP contribution in [0.3, 0.4) is 0 Å². The van der Waals surface area contributed by atoms with Crippen LogP contribution in [0.15, 0.2) is 53.7 Å². The maximum Gasteiger partial charge on any atom is 0.417 e. The lowest BCUT2D eigenvalue weighted by Gasteiger charge is -2.11. The first-order chi connectivity index (χ1) is 11.4. The molecule has 24 heavy (non-hydrogen) atoms. The Morgan fingerprint density at radius 2 is 1.83 bits per heavy atom. The van der Waals surface area contributed by atoms with E-state index < -0.39 is 11.7 Å². The number of rotatable bonds is 4. The standard InChI is InChI=1S/C15H12F3N5S/c1-10(24-13-8-7-11(9-19-13)15(16,17)18)14-20-21-22-23(14)12-5-3-2-4-6-12/h2-10H,1H3. The molecule has 0 saturated carbocycles. The second-order valence-corrected chi connectivity index (χ2v) is 6.29. The zero-order valence-electron chi connectivity index (χ0n) is 12.5. The first-order valence-corrected chi connectivity index (χ1v) is 7.87. The molecular weight excluding hydrogens is 339 g/mol. The van der Waals surface area contributed by atoms with Crippen LogP contribution in [0, 0.1) is 0 Å². The number of pyridine rings is 1. The molecule has 0 fully saturated rings. The molecule has 5 nitrogen and oxygen atoms in total. The molecule has 0 aliphatic rings. The van der Waals surface area contributed by atoms with Crippen molar-refractivity contribution in [2.45, 2.75) is 23.4 Å². The van der Waals surface area contributed by atoms with Gasteiger partial charge in [0.2, 0.25) is 0 Å². The summed E-state index contributed by atoms with van der Waals surface area (Å²) in [4.78, 5) is 3.86. The molecule has 0 radical (unpaired) electrons. The summed E-state index contributed by atoms with van der Waals surface area (Å²) in [7, 11) is 0. The van der Waals surface area contributed by atoms with Crippen molar-refractivity contribution in [1.82, 2.24) is 25.2 Å². The van der Waals surface area contributed by atoms with Crippen molar-refractivity contribution in [3.8, 4) is 5.69 Å². The van der Waals surface area contributed by atoms with Gasteiger partial charge in [0, 0.05) is 6.20 Å². The summed E-state index contributed by atoms with van der Waals surface area (Å²) in [6, 6.07) is 11.7. The highest BCUT2D eigenvalue weighted by Crippen LogP contribution is 2.35. The van der Waals surface area contributed by atoms with Crippen molar-refractivity contribution in [2.75, 3.05) is 0 Å². The maximum atomic E-state index is 12.6. The molecule has 0 N–H and O–H groups in total. The molecule has 0 aliphatic heterocycles. The second kappa shape index (κ2) is 6.60. The molecule has 0 bridgehead atoms. The average Bonchev–Trinajstić information content (AvgIpc) is 3.05. The van der Waals surface area contributed by atoms with Gasteiger partial charge >= 0.3 is 6.18 Å². The Hall–Kier alpha value is -2.42. The third-order valence-corrected chi connectivity index (χ3v) is 4.27. The number of hydrogen-bond acceptors (Lipinski definition) is 5. The van der Waals surface area contributed by atoms with Gasteiger partial charge < -0.3 is 0 Å². The maximum absolute atomic E-state index is 12.6. The molecule has 1 aromatic carbocycles. The second-order valence-electron chi connectivity index (χ2n) is 4.93. The Labute approximate surface area is 139 Å². The van der Waals surface area contributed by atoms with E-state index in [1.807, 2.05) is 37.3 Å². The number of thioether (sulfide) groups is 1. The van der Waals surface area contributed by atoms with E-state index >= 15 is 0 Å². The smallest absolute Gasteiger partial charge is 0.249 e. The number of halogens is 3. The van der Waals surface area contributed by atoms with Gasteiger partial charge in [-0.2, -0.15) is 17.9 Å². The van der Waals surface area contributed by atoms with Crippen LogP contribution in [-0.4, -0.2) is 25.2 Å². The number of tetrazole rings is 1. The average molecular weight is 351 g/mol. The molecule has 2 heterocycles. The monoisotopic (exact) mass is 351 g/mol. The summed E-state index contributed by atoms with van der Waals surface area (Å²) >= 11 is 1.29. The summed E-state index contributed by atoms with van der Waals surface area (Å²) < 4.78 is 39.3. The van der Waals surface area contributed by atoms with Gasteiger partial charge in [-0.05, 0) is 41.6 Å². The summed E-state index contributed by atoms with van der Waals surface area (Å²) in [6.45, 7) is 1.87. The van der Waals surface area contributed by atoms with Gasteiger partial charge in [0.05, 0.1) is 21.5 Å². The lowest BCUT2D eigenvalue weighted by molar-refractivity contribution is -0.137. The van der Waals surface area contributed by atoms with Crippen LogP contribution in [0.25, 0.3) is 5.69 Å². The normalized spacial score (nSPS) is 13.0. The van der Waals surface area contributed by atoms with E-state index in [-0.39, 0.29) is 5.25 Å². The Morgan fingerprint density at radius 1 is 1.08 bits per heavy atom. The minimum absolute atomic E-state index is 0.190. The molecule has 1 unspecified atom stereocenters. The molecule has 2 aromatic heterocycles. The highest BCUT2D eigenvalue weighted by molar-refractivity contribution is 7.99. The molecule has 0 spiro atoms. The van der Waals surface area contributed by atoms with Crippen LogP contribution in [0.5, 0.6) is 0 Å². The topological polar surface area (TPSA) is 56.5 Å². The van der Waals surface area contributed by atoms with Gasteiger partial charge in [0.25, 0.3) is 0 Å². The minimum Gasteiger partial charge on any atom is -0.249 e. The summed E-state index contributed by atoms with van der Waals surface area (Å²) in [5.41, 5.74) is 0.0407. The van der Waals surface area contributed by atoms with Gasteiger partial charge in [-0.1, -0.05) is 30.0 Å². The Balaban J connectivity index is 1.79. The SMILES string of the molecule is CC(Sc1ccc(C(F)(F)F)cn1)c1nnnn1-c1ccccc1. The first-order valence-electron chi connectivity index (χ1n) is 6.99. The van der Waals surface area contributed by atoms with Crippen LogP contribution in [-0.2, 0) is 6.18 Å². The molecular formula is C15H12F3N5S. The fourth-order valence-electron chi connectivity index (χ4n) is 2.05. The Morgan fingerprint density at radius 3 is 2.46 bits per heavy atom. The van der Waals surface area contributed by atoms with Crippen molar-refractivity contribution in [3.63, 3.8) is 0 Å². The third-order valence-electron chi connectivity index (χ3n) is 3.22. The fraction of sp³-hybridized carbons (Fsp3) is 0.200. The molecule has 0 aliphatic carbocycles.